The van der Waals surface area contributed by atoms with E-state index in [1.54, 1.807) is 45.4 Å². The van der Waals surface area contributed by atoms with Gasteiger partial charge in [-0.25, -0.2) is 0 Å². The summed E-state index contributed by atoms with van der Waals surface area (Å²) < 4.78 is 5.23. The molecule has 8 nitrogen and oxygen atoms in total. The van der Waals surface area contributed by atoms with E-state index in [-0.39, 0.29) is 25.6 Å². The largest absolute Gasteiger partial charge is 0.484 e. The van der Waals surface area contributed by atoms with Gasteiger partial charge in [-0.15, -0.1) is 0 Å². The molecular weight excluding hydrogens is 336 g/mol. The van der Waals surface area contributed by atoms with Crippen molar-refractivity contribution < 1.29 is 19.1 Å². The second kappa shape index (κ2) is 9.74. The molecule has 0 aliphatic carbocycles. The molecule has 0 unspecified atom stereocenters. The van der Waals surface area contributed by atoms with Gasteiger partial charge in [-0.2, -0.15) is 0 Å². The first-order valence-electron chi connectivity index (χ1n) is 7.12. The first-order valence-corrected chi connectivity index (χ1v) is 7.50. The van der Waals surface area contributed by atoms with Crippen LogP contribution in [0.25, 0.3) is 0 Å². The summed E-state index contributed by atoms with van der Waals surface area (Å²) in [5, 5.41) is 0.566. The third-order valence-corrected chi connectivity index (χ3v) is 3.09. The highest BCUT2D eigenvalue weighted by Gasteiger charge is 2.12. The minimum Gasteiger partial charge on any atom is -0.484 e. The fourth-order valence-corrected chi connectivity index (χ4v) is 1.69. The van der Waals surface area contributed by atoms with Crippen LogP contribution in [0, 0.1) is 0 Å². The number of hydrogen-bond acceptors (Lipinski definition) is 5. The molecule has 0 atom stereocenters. The molecule has 1 aromatic carbocycles. The lowest BCUT2D eigenvalue weighted by atomic mass is 10.3. The molecule has 0 heterocycles. The Labute approximate surface area is 145 Å². The fraction of sp³-hybridized carbons (Fsp3) is 0.400. The van der Waals surface area contributed by atoms with Gasteiger partial charge >= 0.3 is 0 Å². The molecule has 1 aromatic rings. The number of halogens is 1. The molecule has 0 aliphatic rings. The first kappa shape index (κ1) is 19.7. The molecule has 0 aromatic heterocycles. The quantitative estimate of drug-likeness (QED) is 0.665. The third kappa shape index (κ3) is 7.80. The number of nitrogens with zero attached hydrogens (tertiary/aromatic N) is 2. The van der Waals surface area contributed by atoms with Gasteiger partial charge in [0.15, 0.2) is 6.61 Å². The predicted molar refractivity (Wildman–Crippen MR) is 89.4 cm³/mol. The van der Waals surface area contributed by atoms with Gasteiger partial charge in [0.2, 0.25) is 5.91 Å². The number of carbonyl (C=O) groups excluding carboxylic acids is 3. The number of nitrogens with one attached hydrogen (secondary N) is 2. The summed E-state index contributed by atoms with van der Waals surface area (Å²) in [5.41, 5.74) is 4.49. The Bertz CT molecular complexity index is 577. The third-order valence-electron chi connectivity index (χ3n) is 2.84. The molecule has 3 amide bonds. The van der Waals surface area contributed by atoms with Crippen LogP contribution in [0.2, 0.25) is 5.02 Å². The van der Waals surface area contributed by atoms with Crippen molar-refractivity contribution in [1.82, 2.24) is 20.7 Å². The summed E-state index contributed by atoms with van der Waals surface area (Å²) in [6.07, 6.45) is 0. The standard InChI is InChI=1S/C15H21ClN4O4/c1-19(2)15(23)9-20(3)8-13(21)17-18-14(22)10-24-12-6-4-11(16)5-7-12/h4-7H,8-10H2,1-3H3,(H,17,21)(H,18,22). The van der Waals surface area contributed by atoms with Crippen LogP contribution in [0.4, 0.5) is 0 Å². The maximum Gasteiger partial charge on any atom is 0.276 e. The Balaban J connectivity index is 2.24. The van der Waals surface area contributed by atoms with E-state index in [0.717, 1.165) is 0 Å². The van der Waals surface area contributed by atoms with Crippen LogP contribution >= 0.6 is 11.6 Å². The molecule has 0 saturated heterocycles. The van der Waals surface area contributed by atoms with Crippen LogP contribution in [-0.2, 0) is 14.4 Å². The van der Waals surface area contributed by atoms with Crippen LogP contribution in [0.3, 0.4) is 0 Å². The minimum absolute atomic E-state index is 0.0299. The predicted octanol–water partition coefficient (Wildman–Crippen LogP) is -0.114. The molecule has 0 fully saturated rings. The van der Waals surface area contributed by atoms with Gasteiger partial charge in [-0.1, -0.05) is 11.6 Å². The highest BCUT2D eigenvalue weighted by molar-refractivity contribution is 6.30. The number of hydrazine groups is 1. The molecular formula is C15H21ClN4O4. The molecule has 132 valence electrons. The van der Waals surface area contributed by atoms with E-state index in [4.69, 9.17) is 16.3 Å². The number of benzene rings is 1. The minimum atomic E-state index is -0.509. The van der Waals surface area contributed by atoms with Crippen molar-refractivity contribution in [2.45, 2.75) is 0 Å². The van der Waals surface area contributed by atoms with Crippen LogP contribution < -0.4 is 15.6 Å². The number of carbonyl (C=O) groups is 3. The molecule has 0 radical (unpaired) electrons. The van der Waals surface area contributed by atoms with Crippen molar-refractivity contribution in [2.75, 3.05) is 40.8 Å². The number of amides is 3. The van der Waals surface area contributed by atoms with Crippen LogP contribution in [0.5, 0.6) is 5.75 Å². The zero-order valence-electron chi connectivity index (χ0n) is 13.8. The second-order valence-corrected chi connectivity index (χ2v) is 5.74. The summed E-state index contributed by atoms with van der Waals surface area (Å²) in [6, 6.07) is 6.54. The van der Waals surface area contributed by atoms with E-state index in [9.17, 15) is 14.4 Å². The van der Waals surface area contributed by atoms with E-state index in [0.29, 0.717) is 10.8 Å². The summed E-state index contributed by atoms with van der Waals surface area (Å²) in [7, 11) is 4.90. The highest BCUT2D eigenvalue weighted by Crippen LogP contribution is 2.15. The maximum atomic E-state index is 11.7. The van der Waals surface area contributed by atoms with Crippen LogP contribution in [0.15, 0.2) is 24.3 Å². The van der Waals surface area contributed by atoms with Crippen LogP contribution in [-0.4, -0.2) is 68.4 Å². The topological polar surface area (TPSA) is 91.0 Å². The molecule has 0 aliphatic heterocycles. The normalized spacial score (nSPS) is 10.2. The summed E-state index contributed by atoms with van der Waals surface area (Å²) in [5.74, 6) is -0.581. The molecule has 0 bridgehead atoms. The van der Waals surface area contributed by atoms with Gasteiger partial charge in [0, 0.05) is 19.1 Å². The van der Waals surface area contributed by atoms with Gasteiger partial charge in [0.25, 0.3) is 11.8 Å². The summed E-state index contributed by atoms with van der Waals surface area (Å²) in [4.78, 5) is 37.7. The van der Waals surface area contributed by atoms with E-state index >= 15 is 0 Å². The number of hydrogen-bond donors (Lipinski definition) is 2. The van der Waals surface area contributed by atoms with Crippen molar-refractivity contribution in [2.24, 2.45) is 0 Å². The Hall–Kier alpha value is -2.32. The van der Waals surface area contributed by atoms with Gasteiger partial charge in [-0.3, -0.25) is 30.1 Å². The van der Waals surface area contributed by atoms with Crippen molar-refractivity contribution in [3.63, 3.8) is 0 Å². The lowest BCUT2D eigenvalue weighted by Crippen LogP contribution is -2.48. The molecule has 1 rings (SSSR count). The van der Waals surface area contributed by atoms with E-state index < -0.39 is 11.8 Å². The molecule has 24 heavy (non-hydrogen) atoms. The number of likely N-dealkylation sites (N-methyl/N-ethyl adjacent to an activating group) is 2. The monoisotopic (exact) mass is 356 g/mol. The van der Waals surface area contributed by atoms with Crippen molar-refractivity contribution >= 4 is 29.3 Å². The lowest BCUT2D eigenvalue weighted by molar-refractivity contribution is -0.132. The van der Waals surface area contributed by atoms with Gasteiger partial charge in [0.1, 0.15) is 5.75 Å². The summed E-state index contributed by atoms with van der Waals surface area (Å²) >= 11 is 5.74. The smallest absolute Gasteiger partial charge is 0.276 e. The Morgan fingerprint density at radius 1 is 1.00 bits per heavy atom. The zero-order chi connectivity index (χ0) is 18.1. The SMILES string of the molecule is CN(CC(=O)NNC(=O)COc1ccc(Cl)cc1)CC(=O)N(C)C. The highest BCUT2D eigenvalue weighted by atomic mass is 35.5. The van der Waals surface area contributed by atoms with Gasteiger partial charge < -0.3 is 9.64 Å². The van der Waals surface area contributed by atoms with Gasteiger partial charge in [-0.05, 0) is 31.3 Å². The van der Waals surface area contributed by atoms with E-state index in [1.165, 1.54) is 9.80 Å². The molecule has 2 N–H and O–H groups in total. The lowest BCUT2D eigenvalue weighted by Gasteiger charge is -2.18. The second-order valence-electron chi connectivity index (χ2n) is 5.30. The molecule has 0 spiro atoms. The maximum absolute atomic E-state index is 11.7. The van der Waals surface area contributed by atoms with E-state index in [1.807, 2.05) is 0 Å². The molecule has 9 heteroatoms. The summed E-state index contributed by atoms with van der Waals surface area (Å²) in [6.45, 7) is -0.178. The zero-order valence-corrected chi connectivity index (χ0v) is 14.6. The number of ether oxygens (including phenoxy) is 1. The Kier molecular flexibility index (Phi) is 8.00. The van der Waals surface area contributed by atoms with Crippen molar-refractivity contribution in [3.8, 4) is 5.75 Å². The Morgan fingerprint density at radius 2 is 1.58 bits per heavy atom. The van der Waals surface area contributed by atoms with Crippen LogP contribution in [0.1, 0.15) is 0 Å². The molecule has 0 saturated carbocycles. The average Bonchev–Trinajstić information content (AvgIpc) is 2.52. The number of rotatable bonds is 7. The Morgan fingerprint density at radius 3 is 2.17 bits per heavy atom. The first-order chi connectivity index (χ1) is 11.3. The fourth-order valence-electron chi connectivity index (χ4n) is 1.57. The van der Waals surface area contributed by atoms with E-state index in [2.05, 4.69) is 10.9 Å². The van der Waals surface area contributed by atoms with Crippen molar-refractivity contribution in [1.29, 1.82) is 0 Å². The van der Waals surface area contributed by atoms with Gasteiger partial charge in [0.05, 0.1) is 13.1 Å². The van der Waals surface area contributed by atoms with Crippen molar-refractivity contribution in [3.05, 3.63) is 29.3 Å². The average molecular weight is 357 g/mol.